The van der Waals surface area contributed by atoms with Gasteiger partial charge in [0.15, 0.2) is 5.82 Å². The summed E-state index contributed by atoms with van der Waals surface area (Å²) >= 11 is 0. The molecule has 2 aromatic heterocycles. The summed E-state index contributed by atoms with van der Waals surface area (Å²) in [6.07, 6.45) is 1.86. The molecule has 150 valence electrons. The minimum absolute atomic E-state index is 0.831. The minimum Gasteiger partial charge on any atom is -0.497 e. The predicted molar refractivity (Wildman–Crippen MR) is 118 cm³/mol. The number of nitrogens with zero attached hydrogens (tertiary/aromatic N) is 6. The molecule has 1 fully saturated rings. The Hall–Kier alpha value is -3.74. The van der Waals surface area contributed by atoms with Gasteiger partial charge >= 0.3 is 0 Å². The van der Waals surface area contributed by atoms with Crippen molar-refractivity contribution in [3.63, 3.8) is 0 Å². The third-order valence-electron chi connectivity index (χ3n) is 5.40. The summed E-state index contributed by atoms with van der Waals surface area (Å²) in [6, 6.07) is 19.9. The molecule has 0 aliphatic carbocycles. The number of hydrogen-bond donors (Lipinski definition) is 0. The molecule has 30 heavy (non-hydrogen) atoms. The van der Waals surface area contributed by atoms with Crippen LogP contribution in [-0.4, -0.2) is 53.5 Å². The first-order chi connectivity index (χ1) is 14.8. The lowest BCUT2D eigenvalue weighted by Gasteiger charge is -2.35. The van der Waals surface area contributed by atoms with Crippen molar-refractivity contribution in [3.8, 4) is 17.0 Å². The van der Waals surface area contributed by atoms with Crippen LogP contribution in [0.15, 0.2) is 66.9 Å². The molecule has 0 saturated carbocycles. The summed E-state index contributed by atoms with van der Waals surface area (Å²) in [5, 5.41) is 8.88. The van der Waals surface area contributed by atoms with E-state index in [-0.39, 0.29) is 0 Å². The normalized spacial score (nSPS) is 14.2. The molecule has 0 amide bonds. The van der Waals surface area contributed by atoms with Crippen molar-refractivity contribution in [1.82, 2.24) is 20.2 Å². The van der Waals surface area contributed by atoms with Gasteiger partial charge in [-0.2, -0.15) is 0 Å². The number of piperazine rings is 1. The number of methoxy groups -OCH3 is 1. The topological polar surface area (TPSA) is 67.3 Å². The lowest BCUT2D eigenvalue weighted by molar-refractivity contribution is 0.415. The minimum atomic E-state index is 0.831. The van der Waals surface area contributed by atoms with E-state index in [9.17, 15) is 0 Å². The van der Waals surface area contributed by atoms with E-state index in [1.807, 2.05) is 66.9 Å². The summed E-state index contributed by atoms with van der Waals surface area (Å²) in [6.45, 7) is 3.47. The number of benzene rings is 2. The molecule has 1 aliphatic rings. The number of para-hydroxylation sites is 2. The molecule has 0 bridgehead atoms. The zero-order chi connectivity index (χ0) is 20.3. The van der Waals surface area contributed by atoms with E-state index < -0.39 is 0 Å². The van der Waals surface area contributed by atoms with Gasteiger partial charge in [-0.05, 0) is 48.5 Å². The molecule has 0 atom stereocenters. The van der Waals surface area contributed by atoms with Gasteiger partial charge in [-0.3, -0.25) is 4.98 Å². The number of rotatable bonds is 4. The Kier molecular flexibility index (Phi) is 4.85. The fourth-order valence-electron chi connectivity index (χ4n) is 3.67. The van der Waals surface area contributed by atoms with Crippen molar-refractivity contribution in [1.29, 1.82) is 0 Å². The van der Waals surface area contributed by atoms with Gasteiger partial charge in [-0.25, -0.2) is 4.98 Å². The number of aromatic nitrogens is 4. The maximum absolute atomic E-state index is 5.21. The maximum Gasteiger partial charge on any atom is 0.151 e. The molecule has 7 heteroatoms. The van der Waals surface area contributed by atoms with Crippen LogP contribution in [0.25, 0.3) is 22.3 Å². The molecule has 0 radical (unpaired) electrons. The molecule has 0 spiro atoms. The monoisotopic (exact) mass is 398 g/mol. The maximum atomic E-state index is 5.21. The third kappa shape index (κ3) is 3.61. The van der Waals surface area contributed by atoms with Crippen LogP contribution in [0, 0.1) is 0 Å². The van der Waals surface area contributed by atoms with Gasteiger partial charge in [-0.1, -0.05) is 12.1 Å². The van der Waals surface area contributed by atoms with E-state index >= 15 is 0 Å². The molecule has 0 N–H and O–H groups in total. The molecule has 2 aromatic carbocycles. The molecule has 0 unspecified atom stereocenters. The Morgan fingerprint density at radius 3 is 2.10 bits per heavy atom. The van der Waals surface area contributed by atoms with Crippen LogP contribution >= 0.6 is 0 Å². The zero-order valence-electron chi connectivity index (χ0n) is 16.8. The van der Waals surface area contributed by atoms with Crippen molar-refractivity contribution in [2.75, 3.05) is 43.1 Å². The van der Waals surface area contributed by atoms with Crippen LogP contribution in [0.5, 0.6) is 5.75 Å². The van der Waals surface area contributed by atoms with E-state index in [0.717, 1.165) is 65.9 Å². The summed E-state index contributed by atoms with van der Waals surface area (Å²) in [5.74, 6) is 2.66. The summed E-state index contributed by atoms with van der Waals surface area (Å²) in [7, 11) is 1.66. The summed E-state index contributed by atoms with van der Waals surface area (Å²) < 4.78 is 5.21. The molecule has 3 heterocycles. The quantitative estimate of drug-likeness (QED) is 0.522. The van der Waals surface area contributed by atoms with Crippen LogP contribution in [0.4, 0.5) is 11.6 Å². The SMILES string of the molecule is COc1ccc(-c2ccc(N3CCN(c4cnc5ccccc5n4)CC3)nn2)cc1. The fourth-order valence-corrected chi connectivity index (χ4v) is 3.67. The molecular formula is C23H22N6O. The Labute approximate surface area is 175 Å². The van der Waals surface area contributed by atoms with Gasteiger partial charge in [-0.15, -0.1) is 10.2 Å². The Bertz CT molecular complexity index is 1140. The lowest BCUT2D eigenvalue weighted by Crippen LogP contribution is -2.47. The first kappa shape index (κ1) is 18.3. The van der Waals surface area contributed by atoms with Crippen LogP contribution < -0.4 is 14.5 Å². The lowest BCUT2D eigenvalue weighted by atomic mass is 10.1. The molecule has 1 saturated heterocycles. The highest BCUT2D eigenvalue weighted by Crippen LogP contribution is 2.23. The molecule has 4 aromatic rings. The predicted octanol–water partition coefficient (Wildman–Crippen LogP) is 3.42. The Balaban J connectivity index is 1.25. The number of fused-ring (bicyclic) bond motifs is 1. The number of anilines is 2. The van der Waals surface area contributed by atoms with Crippen LogP contribution in [0.3, 0.4) is 0 Å². The highest BCUT2D eigenvalue weighted by molar-refractivity contribution is 5.75. The summed E-state index contributed by atoms with van der Waals surface area (Å²) in [5.41, 5.74) is 3.73. The average Bonchev–Trinajstić information content (AvgIpc) is 2.84. The highest BCUT2D eigenvalue weighted by Gasteiger charge is 2.20. The number of ether oxygens (including phenoxy) is 1. The first-order valence-corrected chi connectivity index (χ1v) is 10.00. The first-order valence-electron chi connectivity index (χ1n) is 10.00. The van der Waals surface area contributed by atoms with Crippen LogP contribution in [0.1, 0.15) is 0 Å². The average molecular weight is 398 g/mol. The highest BCUT2D eigenvalue weighted by atomic mass is 16.5. The van der Waals surface area contributed by atoms with Gasteiger partial charge in [0.2, 0.25) is 0 Å². The van der Waals surface area contributed by atoms with Crippen molar-refractivity contribution in [2.24, 2.45) is 0 Å². The molecular weight excluding hydrogens is 376 g/mol. The van der Waals surface area contributed by atoms with Crippen molar-refractivity contribution in [3.05, 3.63) is 66.9 Å². The molecule has 7 nitrogen and oxygen atoms in total. The van der Waals surface area contributed by atoms with Gasteiger partial charge in [0.25, 0.3) is 0 Å². The Morgan fingerprint density at radius 1 is 0.733 bits per heavy atom. The zero-order valence-corrected chi connectivity index (χ0v) is 16.8. The van der Waals surface area contributed by atoms with E-state index in [4.69, 9.17) is 9.72 Å². The van der Waals surface area contributed by atoms with Gasteiger partial charge in [0, 0.05) is 31.7 Å². The standard InChI is InChI=1S/C23H22N6O/c1-30-18-8-6-17(7-9-18)19-10-11-22(27-26-19)28-12-14-29(15-13-28)23-16-24-20-4-2-3-5-21(20)25-23/h2-11,16H,12-15H2,1H3. The van der Waals surface area contributed by atoms with Crippen LogP contribution in [0.2, 0.25) is 0 Å². The van der Waals surface area contributed by atoms with E-state index in [2.05, 4.69) is 25.0 Å². The van der Waals surface area contributed by atoms with Gasteiger partial charge < -0.3 is 14.5 Å². The second-order valence-corrected chi connectivity index (χ2v) is 7.20. The van der Waals surface area contributed by atoms with E-state index in [0.29, 0.717) is 0 Å². The summed E-state index contributed by atoms with van der Waals surface area (Å²) in [4.78, 5) is 13.8. The van der Waals surface area contributed by atoms with Crippen molar-refractivity contribution in [2.45, 2.75) is 0 Å². The van der Waals surface area contributed by atoms with Gasteiger partial charge in [0.1, 0.15) is 11.6 Å². The molecule has 1 aliphatic heterocycles. The van der Waals surface area contributed by atoms with E-state index in [1.54, 1.807) is 7.11 Å². The smallest absolute Gasteiger partial charge is 0.151 e. The van der Waals surface area contributed by atoms with Crippen molar-refractivity contribution < 1.29 is 4.74 Å². The largest absolute Gasteiger partial charge is 0.497 e. The molecule has 5 rings (SSSR count). The fraction of sp³-hybridized carbons (Fsp3) is 0.217. The van der Waals surface area contributed by atoms with Crippen molar-refractivity contribution >= 4 is 22.7 Å². The second-order valence-electron chi connectivity index (χ2n) is 7.20. The van der Waals surface area contributed by atoms with Crippen LogP contribution in [-0.2, 0) is 0 Å². The van der Waals surface area contributed by atoms with Gasteiger partial charge in [0.05, 0.1) is 30.0 Å². The Morgan fingerprint density at radius 2 is 1.43 bits per heavy atom. The number of hydrogen-bond acceptors (Lipinski definition) is 7. The second kappa shape index (κ2) is 7.94. The van der Waals surface area contributed by atoms with E-state index in [1.165, 1.54) is 0 Å². The third-order valence-corrected chi connectivity index (χ3v) is 5.40.